The van der Waals surface area contributed by atoms with Crippen LogP contribution in [0.5, 0.6) is 0 Å². The summed E-state index contributed by atoms with van der Waals surface area (Å²) in [5.74, 6) is 1.24. The largest absolute Gasteiger partial charge is 0.370 e. The zero-order chi connectivity index (χ0) is 17.5. The average molecular weight is 330 g/mol. The van der Waals surface area contributed by atoms with E-state index in [-0.39, 0.29) is 11.9 Å². The van der Waals surface area contributed by atoms with Crippen LogP contribution in [0.25, 0.3) is 0 Å². The molecule has 1 fully saturated rings. The molecular weight excluding hydrogens is 300 g/mol. The van der Waals surface area contributed by atoms with E-state index in [1.807, 2.05) is 31.2 Å². The van der Waals surface area contributed by atoms with Crippen LogP contribution in [0.3, 0.4) is 0 Å². The first kappa shape index (κ1) is 18.3. The summed E-state index contributed by atoms with van der Waals surface area (Å²) in [5, 5.41) is 2.99. The first-order valence-electron chi connectivity index (χ1n) is 8.94. The van der Waals surface area contributed by atoms with E-state index in [0.717, 1.165) is 25.1 Å². The fourth-order valence-corrected chi connectivity index (χ4v) is 2.89. The smallest absolute Gasteiger partial charge is 0.251 e. The molecule has 0 radical (unpaired) electrons. The minimum Gasteiger partial charge on any atom is -0.370 e. The van der Waals surface area contributed by atoms with Crippen molar-refractivity contribution in [1.29, 1.82) is 0 Å². The first-order valence-corrected chi connectivity index (χ1v) is 8.94. The quantitative estimate of drug-likeness (QED) is 0.644. The first-order chi connectivity index (χ1) is 11.5. The third-order valence-corrected chi connectivity index (χ3v) is 4.58. The second-order valence-electron chi connectivity index (χ2n) is 6.85. The van der Waals surface area contributed by atoms with Crippen molar-refractivity contribution in [2.45, 2.75) is 52.6 Å². The van der Waals surface area contributed by atoms with Crippen molar-refractivity contribution in [3.8, 4) is 0 Å². The standard InChI is InChI=1S/C19H30N4O/c1-4-15(3)22-18(24)17-9-5-8-16(11-17)12-21-19(20)23-10-6-7-14(2)13-23/h5,8-9,11,14-15H,4,6-7,10,12-13H2,1-3H3,(H2,20,21)(H,22,24). The van der Waals surface area contributed by atoms with Crippen molar-refractivity contribution in [2.24, 2.45) is 16.6 Å². The van der Waals surface area contributed by atoms with E-state index in [4.69, 9.17) is 5.73 Å². The number of piperidine rings is 1. The maximum absolute atomic E-state index is 12.2. The predicted octanol–water partition coefficient (Wildman–Crippen LogP) is 2.76. The predicted molar refractivity (Wildman–Crippen MR) is 99.0 cm³/mol. The summed E-state index contributed by atoms with van der Waals surface area (Å²) in [4.78, 5) is 18.9. The molecule has 2 atom stereocenters. The van der Waals surface area contributed by atoms with Gasteiger partial charge in [0, 0.05) is 24.7 Å². The van der Waals surface area contributed by atoms with Crippen molar-refractivity contribution in [1.82, 2.24) is 10.2 Å². The number of rotatable bonds is 5. The van der Waals surface area contributed by atoms with Crippen molar-refractivity contribution in [3.63, 3.8) is 0 Å². The highest BCUT2D eigenvalue weighted by Gasteiger charge is 2.17. The van der Waals surface area contributed by atoms with Gasteiger partial charge in [0.05, 0.1) is 6.54 Å². The number of aliphatic imine (C=N–C) groups is 1. The van der Waals surface area contributed by atoms with Gasteiger partial charge in [0.1, 0.15) is 0 Å². The van der Waals surface area contributed by atoms with Crippen LogP contribution in [0.15, 0.2) is 29.3 Å². The summed E-state index contributed by atoms with van der Waals surface area (Å²) < 4.78 is 0. The van der Waals surface area contributed by atoms with Gasteiger partial charge in [-0.2, -0.15) is 0 Å². The highest BCUT2D eigenvalue weighted by Crippen LogP contribution is 2.15. The molecule has 2 rings (SSSR count). The van der Waals surface area contributed by atoms with E-state index in [0.29, 0.717) is 24.0 Å². The maximum Gasteiger partial charge on any atom is 0.251 e. The Labute approximate surface area is 145 Å². The van der Waals surface area contributed by atoms with E-state index in [1.54, 1.807) is 0 Å². The number of guanidine groups is 1. The lowest BCUT2D eigenvalue weighted by Gasteiger charge is -2.31. The third-order valence-electron chi connectivity index (χ3n) is 4.58. The van der Waals surface area contributed by atoms with E-state index >= 15 is 0 Å². The number of nitrogens with two attached hydrogens (primary N) is 1. The zero-order valence-electron chi connectivity index (χ0n) is 15.1. The van der Waals surface area contributed by atoms with Crippen LogP contribution >= 0.6 is 0 Å². The van der Waals surface area contributed by atoms with Gasteiger partial charge in [0.2, 0.25) is 0 Å². The monoisotopic (exact) mass is 330 g/mol. The zero-order valence-corrected chi connectivity index (χ0v) is 15.1. The topological polar surface area (TPSA) is 70.7 Å². The normalized spacial score (nSPS) is 19.9. The molecule has 3 N–H and O–H groups in total. The number of hydrogen-bond donors (Lipinski definition) is 2. The molecule has 1 aromatic rings. The molecule has 0 aromatic heterocycles. The molecule has 0 aliphatic carbocycles. The summed E-state index contributed by atoms with van der Waals surface area (Å²) >= 11 is 0. The number of benzene rings is 1. The Morgan fingerprint density at radius 3 is 3.00 bits per heavy atom. The molecule has 2 unspecified atom stereocenters. The van der Waals surface area contributed by atoms with E-state index in [1.165, 1.54) is 12.8 Å². The average Bonchev–Trinajstić information content (AvgIpc) is 2.59. The minimum atomic E-state index is -0.0343. The van der Waals surface area contributed by atoms with Gasteiger partial charge in [-0.25, -0.2) is 4.99 Å². The van der Waals surface area contributed by atoms with Gasteiger partial charge in [-0.3, -0.25) is 4.79 Å². The van der Waals surface area contributed by atoms with Crippen LogP contribution in [0.4, 0.5) is 0 Å². The Morgan fingerprint density at radius 1 is 1.50 bits per heavy atom. The van der Waals surface area contributed by atoms with Crippen molar-refractivity contribution >= 4 is 11.9 Å². The molecule has 0 saturated carbocycles. The summed E-state index contributed by atoms with van der Waals surface area (Å²) in [6.07, 6.45) is 3.35. The summed E-state index contributed by atoms with van der Waals surface area (Å²) in [7, 11) is 0. The molecule has 1 aromatic carbocycles. The SMILES string of the molecule is CCC(C)NC(=O)c1cccc(CN=C(N)N2CCCC(C)C2)c1. The summed E-state index contributed by atoms with van der Waals surface area (Å²) in [5.41, 5.74) is 7.81. The number of carbonyl (C=O) groups is 1. The molecule has 1 aliphatic rings. The number of amides is 1. The molecule has 132 valence electrons. The second-order valence-corrected chi connectivity index (χ2v) is 6.85. The number of likely N-dealkylation sites (tertiary alicyclic amines) is 1. The van der Waals surface area contributed by atoms with Gasteiger partial charge in [-0.15, -0.1) is 0 Å². The summed E-state index contributed by atoms with van der Waals surface area (Å²) in [6, 6.07) is 7.79. The van der Waals surface area contributed by atoms with Crippen LogP contribution in [-0.2, 0) is 6.54 Å². The number of nitrogens with one attached hydrogen (secondary N) is 1. The molecule has 1 amide bonds. The van der Waals surface area contributed by atoms with Gasteiger partial charge in [-0.1, -0.05) is 26.0 Å². The van der Waals surface area contributed by atoms with Gasteiger partial charge in [-0.05, 0) is 49.8 Å². The molecule has 1 aliphatic heterocycles. The molecular formula is C19H30N4O. The van der Waals surface area contributed by atoms with Gasteiger partial charge >= 0.3 is 0 Å². The Balaban J connectivity index is 1.98. The lowest BCUT2D eigenvalue weighted by atomic mass is 10.0. The van der Waals surface area contributed by atoms with Crippen LogP contribution in [0.1, 0.15) is 56.0 Å². The van der Waals surface area contributed by atoms with Crippen LogP contribution in [-0.4, -0.2) is 35.9 Å². The van der Waals surface area contributed by atoms with Crippen LogP contribution in [0.2, 0.25) is 0 Å². The Morgan fingerprint density at radius 2 is 2.29 bits per heavy atom. The van der Waals surface area contributed by atoms with E-state index in [2.05, 4.69) is 29.1 Å². The lowest BCUT2D eigenvalue weighted by Crippen LogP contribution is -2.43. The molecule has 5 nitrogen and oxygen atoms in total. The molecule has 0 bridgehead atoms. The van der Waals surface area contributed by atoms with Crippen molar-refractivity contribution in [2.75, 3.05) is 13.1 Å². The highest BCUT2D eigenvalue weighted by atomic mass is 16.1. The Bertz CT molecular complexity index is 584. The van der Waals surface area contributed by atoms with Crippen molar-refractivity contribution < 1.29 is 4.79 Å². The number of nitrogens with zero attached hydrogens (tertiary/aromatic N) is 2. The number of carbonyl (C=O) groups excluding carboxylic acids is 1. The molecule has 24 heavy (non-hydrogen) atoms. The van der Waals surface area contributed by atoms with Crippen LogP contribution < -0.4 is 11.1 Å². The van der Waals surface area contributed by atoms with Crippen molar-refractivity contribution in [3.05, 3.63) is 35.4 Å². The molecule has 0 spiro atoms. The second kappa shape index (κ2) is 8.71. The van der Waals surface area contributed by atoms with Gasteiger partial charge < -0.3 is 16.0 Å². The molecule has 5 heteroatoms. The lowest BCUT2D eigenvalue weighted by molar-refractivity contribution is 0.0939. The van der Waals surface area contributed by atoms with E-state index < -0.39 is 0 Å². The molecule has 1 heterocycles. The fraction of sp³-hybridized carbons (Fsp3) is 0.579. The number of hydrogen-bond acceptors (Lipinski definition) is 2. The van der Waals surface area contributed by atoms with Gasteiger partial charge in [0.15, 0.2) is 5.96 Å². The summed E-state index contributed by atoms with van der Waals surface area (Å²) in [6.45, 7) is 8.77. The third kappa shape index (κ3) is 5.25. The Hall–Kier alpha value is -2.04. The maximum atomic E-state index is 12.2. The Kier molecular flexibility index (Phi) is 6.64. The molecule has 1 saturated heterocycles. The highest BCUT2D eigenvalue weighted by molar-refractivity contribution is 5.94. The minimum absolute atomic E-state index is 0.0343. The fourth-order valence-electron chi connectivity index (χ4n) is 2.89. The van der Waals surface area contributed by atoms with E-state index in [9.17, 15) is 4.79 Å². The van der Waals surface area contributed by atoms with Gasteiger partial charge in [0.25, 0.3) is 5.91 Å². The van der Waals surface area contributed by atoms with Crippen LogP contribution in [0, 0.1) is 5.92 Å².